The number of nitrogens with zero attached hydrogens (tertiary/aromatic N) is 4. The zero-order chi connectivity index (χ0) is 20.7. The van der Waals surface area contributed by atoms with E-state index >= 15 is 0 Å². The molecule has 2 aromatic heterocycles. The van der Waals surface area contributed by atoms with Gasteiger partial charge >= 0.3 is 0 Å². The van der Waals surface area contributed by atoms with Crippen LogP contribution in [-0.2, 0) is 11.3 Å². The van der Waals surface area contributed by atoms with Crippen molar-refractivity contribution in [2.45, 2.75) is 32.2 Å². The van der Waals surface area contributed by atoms with Gasteiger partial charge in [-0.15, -0.1) is 0 Å². The van der Waals surface area contributed by atoms with Crippen LogP contribution >= 0.6 is 0 Å². The molecule has 0 radical (unpaired) electrons. The molecule has 1 aliphatic rings. The second-order valence-electron chi connectivity index (χ2n) is 7.54. The lowest BCUT2D eigenvalue weighted by atomic mass is 10.1. The van der Waals surface area contributed by atoms with E-state index in [9.17, 15) is 9.59 Å². The molecule has 0 atom stereocenters. The van der Waals surface area contributed by atoms with Crippen molar-refractivity contribution >= 4 is 22.4 Å². The van der Waals surface area contributed by atoms with Crippen molar-refractivity contribution in [2.24, 2.45) is 0 Å². The van der Waals surface area contributed by atoms with E-state index in [0.29, 0.717) is 28.5 Å². The summed E-state index contributed by atoms with van der Waals surface area (Å²) in [6, 6.07) is 14.6. The number of anilines is 1. The average Bonchev–Trinajstić information content (AvgIpc) is 3.49. The highest BCUT2D eigenvalue weighted by Crippen LogP contribution is 2.38. The predicted octanol–water partition coefficient (Wildman–Crippen LogP) is 3.01. The number of carbonyl (C=O) groups is 1. The molecule has 1 fully saturated rings. The van der Waals surface area contributed by atoms with Crippen LogP contribution in [0.3, 0.4) is 0 Å². The van der Waals surface area contributed by atoms with Crippen LogP contribution in [0.2, 0.25) is 0 Å². The Morgan fingerprint density at radius 3 is 2.60 bits per heavy atom. The molecule has 0 bridgehead atoms. The summed E-state index contributed by atoms with van der Waals surface area (Å²) in [6.45, 7) is 1.67. The summed E-state index contributed by atoms with van der Waals surface area (Å²) in [5, 5.41) is 15.7. The molecule has 5 rings (SSSR count). The second kappa shape index (κ2) is 7.22. The molecule has 1 amide bonds. The number of rotatable bonds is 5. The SMILES string of the molecule is Cc1nn(CC(=O)Nc2ccc(-c3n[nH]c(C4CC4)n3)cc2)c(=O)c2ccccc12. The van der Waals surface area contributed by atoms with Gasteiger partial charge in [-0.25, -0.2) is 9.67 Å². The van der Waals surface area contributed by atoms with Gasteiger partial charge in [-0.2, -0.15) is 10.2 Å². The van der Waals surface area contributed by atoms with Crippen molar-refractivity contribution in [3.05, 3.63) is 70.4 Å². The van der Waals surface area contributed by atoms with E-state index in [-0.39, 0.29) is 18.0 Å². The van der Waals surface area contributed by atoms with Crippen LogP contribution in [0.5, 0.6) is 0 Å². The molecule has 8 nitrogen and oxygen atoms in total. The lowest BCUT2D eigenvalue weighted by molar-refractivity contribution is -0.117. The standard InChI is InChI=1S/C22H20N6O2/c1-13-17-4-2-3-5-18(17)22(30)28(27-13)12-19(29)23-16-10-8-15(9-11-16)21-24-20(25-26-21)14-6-7-14/h2-5,8-11,14H,6-7,12H2,1H3,(H,23,29)(H,24,25,26). The Morgan fingerprint density at radius 2 is 1.87 bits per heavy atom. The minimum absolute atomic E-state index is 0.155. The molecular weight excluding hydrogens is 380 g/mol. The van der Waals surface area contributed by atoms with E-state index in [1.54, 1.807) is 24.3 Å². The van der Waals surface area contributed by atoms with Gasteiger partial charge in [0.15, 0.2) is 5.82 Å². The number of hydrogen-bond donors (Lipinski definition) is 2. The summed E-state index contributed by atoms with van der Waals surface area (Å²) in [5.41, 5.74) is 1.93. The average molecular weight is 400 g/mol. The van der Waals surface area contributed by atoms with Gasteiger partial charge in [-0.3, -0.25) is 14.7 Å². The van der Waals surface area contributed by atoms with Crippen molar-refractivity contribution in [1.29, 1.82) is 0 Å². The molecular formula is C22H20N6O2. The number of amides is 1. The van der Waals surface area contributed by atoms with Crippen LogP contribution in [0.1, 0.15) is 30.3 Å². The number of aromatic nitrogens is 5. The number of nitrogens with one attached hydrogen (secondary N) is 2. The van der Waals surface area contributed by atoms with Gasteiger partial charge in [0.1, 0.15) is 12.4 Å². The fourth-order valence-electron chi connectivity index (χ4n) is 3.49. The first-order chi connectivity index (χ1) is 14.6. The molecule has 30 heavy (non-hydrogen) atoms. The van der Waals surface area contributed by atoms with Gasteiger partial charge in [0.05, 0.1) is 11.1 Å². The first kappa shape index (κ1) is 18.2. The summed E-state index contributed by atoms with van der Waals surface area (Å²) < 4.78 is 1.20. The van der Waals surface area contributed by atoms with E-state index in [1.165, 1.54) is 4.68 Å². The molecule has 0 saturated heterocycles. The Labute approximate surface area is 172 Å². The van der Waals surface area contributed by atoms with Crippen LogP contribution in [0.15, 0.2) is 53.3 Å². The van der Waals surface area contributed by atoms with Gasteiger partial charge < -0.3 is 5.32 Å². The number of aryl methyl sites for hydroxylation is 1. The normalized spacial score (nSPS) is 13.5. The van der Waals surface area contributed by atoms with Crippen molar-refractivity contribution in [3.8, 4) is 11.4 Å². The summed E-state index contributed by atoms with van der Waals surface area (Å²) in [6.07, 6.45) is 2.32. The summed E-state index contributed by atoms with van der Waals surface area (Å²) in [4.78, 5) is 29.6. The molecule has 1 aliphatic carbocycles. The molecule has 2 N–H and O–H groups in total. The quantitative estimate of drug-likeness (QED) is 0.536. The highest BCUT2D eigenvalue weighted by molar-refractivity contribution is 5.91. The minimum Gasteiger partial charge on any atom is -0.324 e. The summed E-state index contributed by atoms with van der Waals surface area (Å²) >= 11 is 0. The smallest absolute Gasteiger partial charge is 0.275 e. The lowest BCUT2D eigenvalue weighted by Crippen LogP contribution is -2.30. The van der Waals surface area contributed by atoms with Crippen LogP contribution in [0.4, 0.5) is 5.69 Å². The molecule has 1 saturated carbocycles. The van der Waals surface area contributed by atoms with E-state index < -0.39 is 0 Å². The maximum atomic E-state index is 12.6. The van der Waals surface area contributed by atoms with E-state index in [1.807, 2.05) is 31.2 Å². The molecule has 2 aromatic carbocycles. The van der Waals surface area contributed by atoms with E-state index in [2.05, 4.69) is 25.6 Å². The molecule has 8 heteroatoms. The van der Waals surface area contributed by atoms with Crippen LogP contribution in [-0.4, -0.2) is 30.9 Å². The zero-order valence-electron chi connectivity index (χ0n) is 16.4. The lowest BCUT2D eigenvalue weighted by Gasteiger charge is -2.09. The van der Waals surface area contributed by atoms with Crippen molar-refractivity contribution in [3.63, 3.8) is 0 Å². The number of fused-ring (bicyclic) bond motifs is 1. The predicted molar refractivity (Wildman–Crippen MR) is 113 cm³/mol. The molecule has 4 aromatic rings. The number of hydrogen-bond acceptors (Lipinski definition) is 5. The molecule has 0 aliphatic heterocycles. The van der Waals surface area contributed by atoms with Gasteiger partial charge in [0, 0.05) is 22.6 Å². The zero-order valence-corrected chi connectivity index (χ0v) is 16.4. The number of benzene rings is 2. The van der Waals surface area contributed by atoms with Crippen molar-refractivity contribution < 1.29 is 4.79 Å². The van der Waals surface area contributed by atoms with Crippen molar-refractivity contribution in [2.75, 3.05) is 5.32 Å². The fraction of sp³-hybridized carbons (Fsp3) is 0.227. The first-order valence-corrected chi connectivity index (χ1v) is 9.87. The van der Waals surface area contributed by atoms with E-state index in [4.69, 9.17) is 0 Å². The third-order valence-electron chi connectivity index (χ3n) is 5.24. The largest absolute Gasteiger partial charge is 0.324 e. The van der Waals surface area contributed by atoms with Gasteiger partial charge in [0.25, 0.3) is 5.56 Å². The van der Waals surface area contributed by atoms with Crippen LogP contribution in [0, 0.1) is 6.92 Å². The molecule has 2 heterocycles. The maximum absolute atomic E-state index is 12.6. The maximum Gasteiger partial charge on any atom is 0.275 e. The van der Waals surface area contributed by atoms with E-state index in [0.717, 1.165) is 29.6 Å². The first-order valence-electron chi connectivity index (χ1n) is 9.87. The number of carbonyl (C=O) groups excluding carboxylic acids is 1. The topological polar surface area (TPSA) is 106 Å². The molecule has 0 unspecified atom stereocenters. The monoisotopic (exact) mass is 400 g/mol. The van der Waals surface area contributed by atoms with Crippen molar-refractivity contribution in [1.82, 2.24) is 25.0 Å². The molecule has 150 valence electrons. The van der Waals surface area contributed by atoms with Gasteiger partial charge in [0.2, 0.25) is 5.91 Å². The Balaban J connectivity index is 1.30. The minimum atomic E-state index is -0.319. The Hall–Kier alpha value is -3.81. The Bertz CT molecular complexity index is 1300. The van der Waals surface area contributed by atoms with Crippen LogP contribution < -0.4 is 10.9 Å². The highest BCUT2D eigenvalue weighted by Gasteiger charge is 2.27. The third-order valence-corrected chi connectivity index (χ3v) is 5.24. The van der Waals surface area contributed by atoms with Gasteiger partial charge in [-0.05, 0) is 50.1 Å². The number of aromatic amines is 1. The second-order valence-corrected chi connectivity index (χ2v) is 7.54. The third kappa shape index (κ3) is 3.47. The highest BCUT2D eigenvalue weighted by atomic mass is 16.2. The summed E-state index contributed by atoms with van der Waals surface area (Å²) in [7, 11) is 0. The summed E-state index contributed by atoms with van der Waals surface area (Å²) in [5.74, 6) is 1.78. The van der Waals surface area contributed by atoms with Gasteiger partial charge in [-0.1, -0.05) is 18.2 Å². The Kier molecular flexibility index (Phi) is 4.39. The fourth-order valence-corrected chi connectivity index (χ4v) is 3.49. The molecule has 0 spiro atoms. The Morgan fingerprint density at radius 1 is 1.13 bits per heavy atom. The number of H-pyrrole nitrogens is 1. The van der Waals surface area contributed by atoms with Crippen LogP contribution in [0.25, 0.3) is 22.2 Å².